The molecule has 2 N–H and O–H groups in total. The lowest BCUT2D eigenvalue weighted by Crippen LogP contribution is -2.39. The van der Waals surface area contributed by atoms with Gasteiger partial charge < -0.3 is 14.8 Å². The maximum atomic E-state index is 12.8. The molecule has 0 aliphatic heterocycles. The highest BCUT2D eigenvalue weighted by Gasteiger charge is 2.22. The second-order valence-electron chi connectivity index (χ2n) is 7.47. The lowest BCUT2D eigenvalue weighted by molar-refractivity contribution is -0.117. The number of hydrogen-bond acceptors (Lipinski definition) is 6. The van der Waals surface area contributed by atoms with Gasteiger partial charge in [0.05, 0.1) is 25.2 Å². The monoisotopic (exact) mass is 449 g/mol. The maximum absolute atomic E-state index is 12.8. The Hall–Kier alpha value is -2.62. The van der Waals surface area contributed by atoms with Crippen molar-refractivity contribution < 1.29 is 22.7 Å². The zero-order valence-corrected chi connectivity index (χ0v) is 19.8. The van der Waals surface area contributed by atoms with Crippen LogP contribution in [0.5, 0.6) is 11.5 Å². The lowest BCUT2D eigenvalue weighted by atomic mass is 10.1. The number of methoxy groups -OCH3 is 2. The molecule has 0 fully saturated rings. The van der Waals surface area contributed by atoms with Gasteiger partial charge in [-0.05, 0) is 56.7 Å². The van der Waals surface area contributed by atoms with Crippen LogP contribution in [0, 0.1) is 6.92 Å². The summed E-state index contributed by atoms with van der Waals surface area (Å²) in [4.78, 5) is 12.9. The van der Waals surface area contributed by atoms with Crippen LogP contribution in [-0.4, -0.2) is 53.0 Å². The predicted molar refractivity (Wildman–Crippen MR) is 121 cm³/mol. The van der Waals surface area contributed by atoms with Crippen molar-refractivity contribution >= 4 is 21.6 Å². The molecule has 0 bridgehead atoms. The summed E-state index contributed by atoms with van der Waals surface area (Å²) in [6, 6.07) is 9.41. The number of nitrogens with one attached hydrogen (secondary N) is 2. The molecule has 0 saturated carbocycles. The van der Waals surface area contributed by atoms with E-state index in [-0.39, 0.29) is 16.8 Å². The van der Waals surface area contributed by atoms with Gasteiger partial charge >= 0.3 is 0 Å². The van der Waals surface area contributed by atoms with Gasteiger partial charge in [0.15, 0.2) is 0 Å². The van der Waals surface area contributed by atoms with Gasteiger partial charge in [-0.2, -0.15) is 0 Å². The van der Waals surface area contributed by atoms with E-state index in [0.717, 1.165) is 15.4 Å². The number of nitrogens with zero attached hydrogens (tertiary/aromatic N) is 1. The van der Waals surface area contributed by atoms with Crippen LogP contribution in [0.2, 0.25) is 0 Å². The highest BCUT2D eigenvalue weighted by atomic mass is 32.2. The van der Waals surface area contributed by atoms with Gasteiger partial charge in [-0.1, -0.05) is 6.07 Å². The molecule has 8 nitrogen and oxygen atoms in total. The highest BCUT2D eigenvalue weighted by molar-refractivity contribution is 7.89. The van der Waals surface area contributed by atoms with E-state index in [9.17, 15) is 13.2 Å². The Labute approximate surface area is 184 Å². The SMILES string of the molecule is COc1ccc(OC)c([C@H](C)N[C@@H](C)C(=O)Nc2cc(S(=O)(=O)N(C)C)ccc2C)c1. The van der Waals surface area contributed by atoms with Gasteiger partial charge in [-0.25, -0.2) is 12.7 Å². The summed E-state index contributed by atoms with van der Waals surface area (Å²) in [5.41, 5.74) is 2.07. The fraction of sp³-hybridized carbons (Fsp3) is 0.409. The van der Waals surface area contributed by atoms with Crippen LogP contribution in [0.1, 0.15) is 31.0 Å². The lowest BCUT2D eigenvalue weighted by Gasteiger charge is -2.22. The van der Waals surface area contributed by atoms with Crippen molar-refractivity contribution in [2.75, 3.05) is 33.6 Å². The number of aryl methyl sites for hydroxylation is 1. The van der Waals surface area contributed by atoms with E-state index in [4.69, 9.17) is 9.47 Å². The van der Waals surface area contributed by atoms with Crippen molar-refractivity contribution in [1.82, 2.24) is 9.62 Å². The summed E-state index contributed by atoms with van der Waals surface area (Å²) in [5.74, 6) is 1.10. The van der Waals surface area contributed by atoms with Crippen molar-refractivity contribution in [3.05, 3.63) is 47.5 Å². The molecular weight excluding hydrogens is 418 g/mol. The first-order valence-electron chi connectivity index (χ1n) is 9.83. The second-order valence-corrected chi connectivity index (χ2v) is 9.62. The fourth-order valence-electron chi connectivity index (χ4n) is 3.07. The molecular formula is C22H31N3O5S. The van der Waals surface area contributed by atoms with Gasteiger partial charge in [0, 0.05) is 31.4 Å². The first-order chi connectivity index (χ1) is 14.5. The number of hydrogen-bond donors (Lipinski definition) is 2. The number of benzene rings is 2. The molecule has 170 valence electrons. The Morgan fingerprint density at radius 3 is 2.29 bits per heavy atom. The summed E-state index contributed by atoms with van der Waals surface area (Å²) < 4.78 is 36.7. The standard InChI is InChI=1S/C22H31N3O5S/c1-14-8-10-18(31(27,28)25(4)5)13-20(14)24-22(26)16(3)23-15(2)19-12-17(29-6)9-11-21(19)30-7/h8-13,15-16,23H,1-7H3,(H,24,26)/t15-,16-/m0/s1. The number of carbonyl (C=O) groups excluding carboxylic acids is 1. The van der Waals surface area contributed by atoms with Crippen LogP contribution in [0.15, 0.2) is 41.3 Å². The Morgan fingerprint density at radius 2 is 1.71 bits per heavy atom. The molecule has 31 heavy (non-hydrogen) atoms. The zero-order valence-electron chi connectivity index (χ0n) is 19.0. The van der Waals surface area contributed by atoms with Crippen molar-refractivity contribution in [3.8, 4) is 11.5 Å². The van der Waals surface area contributed by atoms with E-state index < -0.39 is 16.1 Å². The van der Waals surface area contributed by atoms with Crippen molar-refractivity contribution in [2.24, 2.45) is 0 Å². The Balaban J connectivity index is 2.18. The van der Waals surface area contributed by atoms with E-state index >= 15 is 0 Å². The van der Waals surface area contributed by atoms with E-state index in [2.05, 4.69) is 10.6 Å². The van der Waals surface area contributed by atoms with Crippen molar-refractivity contribution in [3.63, 3.8) is 0 Å². The van der Waals surface area contributed by atoms with Gasteiger partial charge in [0.25, 0.3) is 0 Å². The topological polar surface area (TPSA) is 97.0 Å². The number of sulfonamides is 1. The molecule has 0 unspecified atom stereocenters. The molecule has 0 aliphatic carbocycles. The summed E-state index contributed by atoms with van der Waals surface area (Å²) in [6.07, 6.45) is 0. The first kappa shape index (κ1) is 24.6. The van der Waals surface area contributed by atoms with Crippen LogP contribution in [0.3, 0.4) is 0 Å². The van der Waals surface area contributed by atoms with E-state index in [1.807, 2.05) is 32.0 Å². The second kappa shape index (κ2) is 10.1. The van der Waals surface area contributed by atoms with Crippen LogP contribution in [-0.2, 0) is 14.8 Å². The van der Waals surface area contributed by atoms with Crippen LogP contribution in [0.4, 0.5) is 5.69 Å². The largest absolute Gasteiger partial charge is 0.497 e. The van der Waals surface area contributed by atoms with E-state index in [1.54, 1.807) is 27.2 Å². The Morgan fingerprint density at radius 1 is 1.03 bits per heavy atom. The molecule has 0 radical (unpaired) electrons. The number of amides is 1. The van der Waals surface area contributed by atoms with Gasteiger partial charge in [0.2, 0.25) is 15.9 Å². The van der Waals surface area contributed by atoms with Crippen molar-refractivity contribution in [1.29, 1.82) is 0 Å². The molecule has 9 heteroatoms. The summed E-state index contributed by atoms with van der Waals surface area (Å²) in [7, 11) is 2.51. The van der Waals surface area contributed by atoms with E-state index in [1.165, 1.54) is 26.2 Å². The molecule has 0 heterocycles. The number of anilines is 1. The van der Waals surface area contributed by atoms with Crippen LogP contribution >= 0.6 is 0 Å². The molecule has 2 aromatic rings. The third-order valence-electron chi connectivity index (χ3n) is 5.04. The number of carbonyl (C=O) groups is 1. The quantitative estimate of drug-likeness (QED) is 0.611. The minimum atomic E-state index is -3.60. The number of rotatable bonds is 9. The predicted octanol–water partition coefficient (Wildman–Crippen LogP) is 2.94. The van der Waals surface area contributed by atoms with Crippen LogP contribution in [0.25, 0.3) is 0 Å². The minimum Gasteiger partial charge on any atom is -0.497 e. The average molecular weight is 450 g/mol. The van der Waals surface area contributed by atoms with E-state index in [0.29, 0.717) is 17.2 Å². The van der Waals surface area contributed by atoms with Gasteiger partial charge in [-0.15, -0.1) is 0 Å². The minimum absolute atomic E-state index is 0.119. The first-order valence-corrected chi connectivity index (χ1v) is 11.3. The number of ether oxygens (including phenoxy) is 2. The molecule has 0 aromatic heterocycles. The summed E-state index contributed by atoms with van der Waals surface area (Å²) >= 11 is 0. The maximum Gasteiger partial charge on any atom is 0.242 e. The highest BCUT2D eigenvalue weighted by Crippen LogP contribution is 2.29. The van der Waals surface area contributed by atoms with Gasteiger partial charge in [-0.3, -0.25) is 10.1 Å². The molecule has 2 aromatic carbocycles. The molecule has 0 aliphatic rings. The normalized spacial score (nSPS) is 13.5. The van der Waals surface area contributed by atoms with Gasteiger partial charge in [0.1, 0.15) is 11.5 Å². The fourth-order valence-corrected chi connectivity index (χ4v) is 3.99. The molecule has 2 rings (SSSR count). The Kier molecular flexibility index (Phi) is 8.05. The third-order valence-corrected chi connectivity index (χ3v) is 6.85. The summed E-state index contributed by atoms with van der Waals surface area (Å²) in [5, 5.41) is 6.08. The summed E-state index contributed by atoms with van der Waals surface area (Å²) in [6.45, 7) is 5.48. The molecule has 0 saturated heterocycles. The molecule has 2 atom stereocenters. The van der Waals surface area contributed by atoms with Crippen molar-refractivity contribution in [2.45, 2.75) is 37.8 Å². The third kappa shape index (κ3) is 5.75. The van der Waals surface area contributed by atoms with Crippen LogP contribution < -0.4 is 20.1 Å². The smallest absolute Gasteiger partial charge is 0.242 e. The Bertz CT molecular complexity index is 1040. The average Bonchev–Trinajstić information content (AvgIpc) is 2.74. The molecule has 0 spiro atoms. The molecule has 1 amide bonds. The zero-order chi connectivity index (χ0) is 23.3.